The van der Waals surface area contributed by atoms with E-state index in [1.54, 1.807) is 0 Å². The first-order valence-corrected chi connectivity index (χ1v) is 7.22. The molecule has 0 saturated heterocycles. The van der Waals surface area contributed by atoms with Crippen molar-refractivity contribution in [3.63, 3.8) is 0 Å². The van der Waals surface area contributed by atoms with Crippen LogP contribution < -0.4 is 5.73 Å². The summed E-state index contributed by atoms with van der Waals surface area (Å²) in [5.74, 6) is 0. The fourth-order valence-electron chi connectivity index (χ4n) is 2.83. The standard InChI is InChI=1S/C17H18ClN/c18-16-8-6-14(7-9-16)17(19)11-12-4-5-13-2-1-3-15(13)10-12/h4-10,17H,1-3,11,19H2. The molecule has 0 spiro atoms. The average Bonchev–Trinajstić information content (AvgIpc) is 2.87. The zero-order valence-corrected chi connectivity index (χ0v) is 11.7. The van der Waals surface area contributed by atoms with Crippen LogP contribution in [0, 0.1) is 0 Å². The van der Waals surface area contributed by atoms with Crippen LogP contribution in [0.2, 0.25) is 5.02 Å². The largest absolute Gasteiger partial charge is 0.324 e. The molecule has 1 aliphatic rings. The van der Waals surface area contributed by atoms with Crippen LogP contribution in [0.1, 0.15) is 34.7 Å². The fourth-order valence-corrected chi connectivity index (χ4v) is 2.96. The van der Waals surface area contributed by atoms with Crippen molar-refractivity contribution in [2.45, 2.75) is 31.7 Å². The van der Waals surface area contributed by atoms with E-state index in [0.717, 1.165) is 17.0 Å². The number of fused-ring (bicyclic) bond motifs is 1. The van der Waals surface area contributed by atoms with Crippen molar-refractivity contribution in [2.24, 2.45) is 5.73 Å². The normalized spacial score (nSPS) is 15.3. The van der Waals surface area contributed by atoms with E-state index in [2.05, 4.69) is 18.2 Å². The Balaban J connectivity index is 1.75. The second-order valence-electron chi connectivity index (χ2n) is 5.32. The molecule has 1 aliphatic carbocycles. The Bertz CT molecular complexity index is 574. The molecule has 2 heteroatoms. The lowest BCUT2D eigenvalue weighted by atomic mass is 9.97. The summed E-state index contributed by atoms with van der Waals surface area (Å²) in [6.45, 7) is 0. The molecule has 3 rings (SSSR count). The molecule has 0 radical (unpaired) electrons. The topological polar surface area (TPSA) is 26.0 Å². The molecule has 2 aromatic carbocycles. The first-order chi connectivity index (χ1) is 9.22. The van der Waals surface area contributed by atoms with Crippen molar-refractivity contribution >= 4 is 11.6 Å². The summed E-state index contributed by atoms with van der Waals surface area (Å²) in [7, 11) is 0. The first kappa shape index (κ1) is 12.7. The molecule has 0 fully saturated rings. The molecule has 98 valence electrons. The van der Waals surface area contributed by atoms with Crippen LogP contribution in [-0.4, -0.2) is 0 Å². The first-order valence-electron chi connectivity index (χ1n) is 6.84. The Morgan fingerprint density at radius 3 is 2.53 bits per heavy atom. The molecule has 0 heterocycles. The van der Waals surface area contributed by atoms with Crippen molar-refractivity contribution in [3.8, 4) is 0 Å². The highest BCUT2D eigenvalue weighted by molar-refractivity contribution is 6.30. The van der Waals surface area contributed by atoms with Crippen molar-refractivity contribution in [1.82, 2.24) is 0 Å². The van der Waals surface area contributed by atoms with E-state index >= 15 is 0 Å². The molecule has 0 bridgehead atoms. The third kappa shape index (κ3) is 2.83. The minimum Gasteiger partial charge on any atom is -0.324 e. The number of hydrogen-bond acceptors (Lipinski definition) is 1. The van der Waals surface area contributed by atoms with Gasteiger partial charge in [-0.2, -0.15) is 0 Å². The van der Waals surface area contributed by atoms with Gasteiger partial charge in [0, 0.05) is 11.1 Å². The highest BCUT2D eigenvalue weighted by Crippen LogP contribution is 2.25. The molecule has 2 N–H and O–H groups in total. The molecule has 0 aliphatic heterocycles. The minimum atomic E-state index is 0.0386. The van der Waals surface area contributed by atoms with E-state index in [1.165, 1.54) is 36.0 Å². The lowest BCUT2D eigenvalue weighted by molar-refractivity contribution is 0.721. The van der Waals surface area contributed by atoms with Crippen LogP contribution in [0.3, 0.4) is 0 Å². The Morgan fingerprint density at radius 1 is 1.00 bits per heavy atom. The SMILES string of the molecule is NC(Cc1ccc2c(c1)CCC2)c1ccc(Cl)cc1. The van der Waals surface area contributed by atoms with Crippen LogP contribution in [-0.2, 0) is 19.3 Å². The maximum atomic E-state index is 6.28. The predicted molar refractivity (Wildman–Crippen MR) is 80.6 cm³/mol. The summed E-state index contributed by atoms with van der Waals surface area (Å²) in [5.41, 5.74) is 11.8. The highest BCUT2D eigenvalue weighted by Gasteiger charge is 2.12. The highest BCUT2D eigenvalue weighted by atomic mass is 35.5. The molecule has 2 aromatic rings. The molecule has 1 unspecified atom stereocenters. The molecule has 19 heavy (non-hydrogen) atoms. The molecular weight excluding hydrogens is 254 g/mol. The lowest BCUT2D eigenvalue weighted by Gasteiger charge is -2.13. The number of aryl methyl sites for hydroxylation is 2. The van der Waals surface area contributed by atoms with Gasteiger partial charge in [-0.3, -0.25) is 0 Å². The number of rotatable bonds is 3. The van der Waals surface area contributed by atoms with Gasteiger partial charge < -0.3 is 5.73 Å². The molecule has 0 amide bonds. The van der Waals surface area contributed by atoms with Crippen molar-refractivity contribution < 1.29 is 0 Å². The zero-order valence-electron chi connectivity index (χ0n) is 10.9. The van der Waals surface area contributed by atoms with E-state index < -0.39 is 0 Å². The molecule has 0 aromatic heterocycles. The van der Waals surface area contributed by atoms with E-state index in [1.807, 2.05) is 24.3 Å². The van der Waals surface area contributed by atoms with Gasteiger partial charge in [-0.15, -0.1) is 0 Å². The number of nitrogens with two attached hydrogens (primary N) is 1. The fraction of sp³-hybridized carbons (Fsp3) is 0.294. The minimum absolute atomic E-state index is 0.0386. The maximum absolute atomic E-state index is 6.28. The lowest BCUT2D eigenvalue weighted by Crippen LogP contribution is -2.13. The zero-order chi connectivity index (χ0) is 13.2. The second-order valence-corrected chi connectivity index (χ2v) is 5.76. The maximum Gasteiger partial charge on any atom is 0.0406 e. The van der Waals surface area contributed by atoms with Gasteiger partial charge >= 0.3 is 0 Å². The van der Waals surface area contributed by atoms with Gasteiger partial charge in [0.15, 0.2) is 0 Å². The summed E-state index contributed by atoms with van der Waals surface area (Å²) in [5, 5.41) is 0.758. The van der Waals surface area contributed by atoms with E-state index in [-0.39, 0.29) is 6.04 Å². The Kier molecular flexibility index (Phi) is 3.58. The Labute approximate surface area is 119 Å². The van der Waals surface area contributed by atoms with Crippen LogP contribution >= 0.6 is 11.6 Å². The molecule has 1 nitrogen and oxygen atoms in total. The third-order valence-corrected chi connectivity index (χ3v) is 4.17. The summed E-state index contributed by atoms with van der Waals surface area (Å²) in [6, 6.07) is 14.7. The summed E-state index contributed by atoms with van der Waals surface area (Å²) in [6.07, 6.45) is 4.63. The molecule has 1 atom stereocenters. The number of hydrogen-bond donors (Lipinski definition) is 1. The molecular formula is C17H18ClN. The van der Waals surface area contributed by atoms with Crippen molar-refractivity contribution in [2.75, 3.05) is 0 Å². The van der Waals surface area contributed by atoms with Gasteiger partial charge in [-0.1, -0.05) is 41.9 Å². The summed E-state index contributed by atoms with van der Waals surface area (Å²) < 4.78 is 0. The van der Waals surface area contributed by atoms with Crippen LogP contribution in [0.4, 0.5) is 0 Å². The van der Waals surface area contributed by atoms with Gasteiger partial charge in [0.05, 0.1) is 0 Å². The second kappa shape index (κ2) is 5.36. The monoisotopic (exact) mass is 271 g/mol. The third-order valence-electron chi connectivity index (χ3n) is 3.92. The number of halogens is 1. The summed E-state index contributed by atoms with van der Waals surface area (Å²) in [4.78, 5) is 0. The van der Waals surface area contributed by atoms with E-state index in [4.69, 9.17) is 17.3 Å². The van der Waals surface area contributed by atoms with Gasteiger partial charge in [0.2, 0.25) is 0 Å². The van der Waals surface area contributed by atoms with E-state index in [9.17, 15) is 0 Å². The smallest absolute Gasteiger partial charge is 0.0406 e. The predicted octanol–water partition coefficient (Wildman–Crippen LogP) is 4.07. The quantitative estimate of drug-likeness (QED) is 0.895. The number of benzene rings is 2. The van der Waals surface area contributed by atoms with Crippen LogP contribution in [0.25, 0.3) is 0 Å². The van der Waals surface area contributed by atoms with Crippen molar-refractivity contribution in [3.05, 3.63) is 69.7 Å². The Hall–Kier alpha value is -1.31. The van der Waals surface area contributed by atoms with Crippen molar-refractivity contribution in [1.29, 1.82) is 0 Å². The van der Waals surface area contributed by atoms with Gasteiger partial charge in [-0.05, 0) is 60.1 Å². The van der Waals surface area contributed by atoms with Gasteiger partial charge in [0.25, 0.3) is 0 Å². The average molecular weight is 272 g/mol. The summed E-state index contributed by atoms with van der Waals surface area (Å²) >= 11 is 5.90. The van der Waals surface area contributed by atoms with Crippen LogP contribution in [0.15, 0.2) is 42.5 Å². The Morgan fingerprint density at radius 2 is 1.74 bits per heavy atom. The van der Waals surface area contributed by atoms with E-state index in [0.29, 0.717) is 0 Å². The van der Waals surface area contributed by atoms with Gasteiger partial charge in [0.1, 0.15) is 0 Å². The van der Waals surface area contributed by atoms with Crippen LogP contribution in [0.5, 0.6) is 0 Å². The molecule has 0 saturated carbocycles. The van der Waals surface area contributed by atoms with Gasteiger partial charge in [-0.25, -0.2) is 0 Å².